The minimum Gasteiger partial charge on any atom is -0.476 e. The molecule has 0 radical (unpaired) electrons. The third-order valence-electron chi connectivity index (χ3n) is 0.301. The van der Waals surface area contributed by atoms with E-state index in [1.54, 1.807) is 0 Å². The lowest BCUT2D eigenvalue weighted by molar-refractivity contribution is -0.148. The molecule has 0 aliphatic rings. The van der Waals surface area contributed by atoms with Crippen molar-refractivity contribution in [1.82, 2.24) is 0 Å². The summed E-state index contributed by atoms with van der Waals surface area (Å²) in [5, 5.41) is 7.64. The lowest BCUT2D eigenvalue weighted by Gasteiger charge is -1.73. The van der Waals surface area contributed by atoms with Crippen LogP contribution in [0.15, 0.2) is 0 Å². The molecule has 58 valence electrons. The van der Waals surface area contributed by atoms with Crippen LogP contribution in [-0.4, -0.2) is 26.6 Å². The summed E-state index contributed by atoms with van der Waals surface area (Å²) in [5.74, 6) is -2.20. The Morgan fingerprint density at radius 2 is 1.40 bits per heavy atom. The Hall–Kier alpha value is -0.840. The summed E-state index contributed by atoms with van der Waals surface area (Å²) in [4.78, 5) is 33.1. The fraction of sp³-hybridized carbons (Fsp3) is 0.333. The third kappa shape index (κ3) is 27.2. The minimum absolute atomic E-state index is 0.824. The maximum absolute atomic E-state index is 9.54. The predicted octanol–water partition coefficient (Wildman–Crippen LogP) is -0.712. The van der Waals surface area contributed by atoms with Gasteiger partial charge in [-0.05, 0) is 0 Å². The zero-order chi connectivity index (χ0) is 8.73. The van der Waals surface area contributed by atoms with E-state index in [1.165, 1.54) is 0 Å². The molecule has 0 saturated carbocycles. The number of hydrogen-bond acceptors (Lipinski definition) is 3. The van der Waals surface area contributed by atoms with E-state index in [0.717, 1.165) is 6.92 Å². The Balaban J connectivity index is 0. The number of aliphatic carboxylic acids is 1. The molecule has 0 atom stereocenters. The van der Waals surface area contributed by atoms with Crippen molar-refractivity contribution in [2.24, 2.45) is 0 Å². The molecule has 3 N–H and O–H groups in total. The van der Waals surface area contributed by atoms with Gasteiger partial charge in [-0.25, -0.2) is 4.79 Å². The quantitative estimate of drug-likeness (QED) is 0.353. The third-order valence-corrected chi connectivity index (χ3v) is 0.301. The van der Waals surface area contributed by atoms with Crippen molar-refractivity contribution in [3.8, 4) is 0 Å². The first-order valence-corrected chi connectivity index (χ1v) is 3.13. The lowest BCUT2D eigenvalue weighted by Crippen LogP contribution is -2.05. The van der Waals surface area contributed by atoms with Crippen LogP contribution in [0.4, 0.5) is 0 Å². The zero-order valence-corrected chi connectivity index (χ0v) is 5.91. The molecular formula is C3H6O6P+. The first kappa shape index (κ1) is 11.9. The molecule has 0 aromatic heterocycles. The fourth-order valence-electron chi connectivity index (χ4n) is 0. The van der Waals surface area contributed by atoms with E-state index in [0.29, 0.717) is 0 Å². The number of ketones is 1. The maximum atomic E-state index is 9.54. The smallest absolute Gasteiger partial charge is 0.476 e. The molecule has 10 heavy (non-hydrogen) atoms. The highest BCUT2D eigenvalue weighted by Gasteiger charge is 1.98. The van der Waals surface area contributed by atoms with Crippen LogP contribution in [-0.2, 0) is 14.2 Å². The van der Waals surface area contributed by atoms with Crippen LogP contribution in [0.3, 0.4) is 0 Å². The highest BCUT2D eigenvalue weighted by Crippen LogP contribution is 1.98. The van der Waals surface area contributed by atoms with Gasteiger partial charge in [-0.2, -0.15) is 0 Å². The topological polar surface area (TPSA) is 112 Å². The average molecular weight is 169 g/mol. The predicted molar refractivity (Wildman–Crippen MR) is 30.4 cm³/mol. The van der Waals surface area contributed by atoms with Gasteiger partial charge in [0.2, 0.25) is 5.78 Å². The molecule has 0 fully saturated rings. The summed E-state index contributed by atoms with van der Waals surface area (Å²) in [7, 11) is -2.87. The number of hydrogen-bond donors (Lipinski definition) is 3. The Morgan fingerprint density at radius 1 is 1.30 bits per heavy atom. The standard InChI is InChI=1S/C3H4O3.HO3P/c1-2(4)3(5)6;1-4(2)3/h1H3,(H,5,6);(H-,1,2,3)/p+1. The molecule has 0 aromatic rings. The van der Waals surface area contributed by atoms with Crippen LogP contribution >= 0.6 is 8.25 Å². The van der Waals surface area contributed by atoms with Gasteiger partial charge in [0.15, 0.2) is 0 Å². The normalized spacial score (nSPS) is 7.10. The molecule has 0 spiro atoms. The van der Waals surface area contributed by atoms with Crippen molar-refractivity contribution in [1.29, 1.82) is 0 Å². The van der Waals surface area contributed by atoms with Crippen molar-refractivity contribution in [3.63, 3.8) is 0 Å². The number of Topliss-reactive ketones (excluding diaryl/α,β-unsaturated/α-hetero) is 1. The summed E-state index contributed by atoms with van der Waals surface area (Å²) in [6, 6.07) is 0. The van der Waals surface area contributed by atoms with Gasteiger partial charge in [-0.3, -0.25) is 4.79 Å². The lowest BCUT2D eigenvalue weighted by atomic mass is 10.5. The zero-order valence-electron chi connectivity index (χ0n) is 5.01. The molecule has 0 unspecified atom stereocenters. The first-order valence-electron chi connectivity index (χ1n) is 1.96. The van der Waals surface area contributed by atoms with Crippen molar-refractivity contribution < 1.29 is 29.0 Å². The van der Waals surface area contributed by atoms with Crippen LogP contribution in [0.1, 0.15) is 6.92 Å². The Bertz CT molecular complexity index is 135. The molecule has 0 aliphatic carbocycles. The van der Waals surface area contributed by atoms with E-state index in [9.17, 15) is 9.59 Å². The summed E-state index contributed by atoms with van der Waals surface area (Å²) in [5.41, 5.74) is 0. The largest absolute Gasteiger partial charge is 0.692 e. The maximum Gasteiger partial charge on any atom is 0.692 e. The van der Waals surface area contributed by atoms with Crippen molar-refractivity contribution in [2.75, 3.05) is 0 Å². The second-order valence-electron chi connectivity index (χ2n) is 1.11. The number of carboxylic acids is 1. The van der Waals surface area contributed by atoms with Gasteiger partial charge < -0.3 is 5.11 Å². The monoisotopic (exact) mass is 169 g/mol. The average Bonchev–Trinajstić information content (AvgIpc) is 1.63. The Morgan fingerprint density at radius 3 is 1.40 bits per heavy atom. The van der Waals surface area contributed by atoms with E-state index in [4.69, 9.17) is 19.5 Å². The van der Waals surface area contributed by atoms with E-state index in [2.05, 4.69) is 0 Å². The molecule has 0 amide bonds. The second kappa shape index (κ2) is 6.28. The van der Waals surface area contributed by atoms with Crippen LogP contribution < -0.4 is 0 Å². The Kier molecular flexibility index (Phi) is 7.47. The molecule has 0 aromatic carbocycles. The van der Waals surface area contributed by atoms with Gasteiger partial charge in [-0.15, -0.1) is 9.79 Å². The van der Waals surface area contributed by atoms with Crippen molar-refractivity contribution in [3.05, 3.63) is 0 Å². The van der Waals surface area contributed by atoms with Gasteiger partial charge in [0.05, 0.1) is 0 Å². The highest BCUT2D eigenvalue weighted by molar-refractivity contribution is 7.30. The van der Waals surface area contributed by atoms with Gasteiger partial charge in [0.25, 0.3) is 0 Å². The molecule has 0 bridgehead atoms. The second-order valence-corrected chi connectivity index (χ2v) is 1.62. The molecule has 0 aliphatic heterocycles. The number of carboxylic acid groups (broad SMARTS) is 1. The fourth-order valence-corrected chi connectivity index (χ4v) is 0. The van der Waals surface area contributed by atoms with E-state index >= 15 is 0 Å². The van der Waals surface area contributed by atoms with Crippen molar-refractivity contribution >= 4 is 20.0 Å². The molecule has 0 saturated heterocycles. The number of rotatable bonds is 1. The molecule has 7 heteroatoms. The van der Waals surface area contributed by atoms with Crippen molar-refractivity contribution in [2.45, 2.75) is 6.92 Å². The molecule has 6 nitrogen and oxygen atoms in total. The first-order chi connectivity index (χ1) is 4.37. The van der Waals surface area contributed by atoms with Crippen LogP contribution in [0.2, 0.25) is 0 Å². The molecule has 0 heterocycles. The van der Waals surface area contributed by atoms with Gasteiger partial charge in [0.1, 0.15) is 0 Å². The summed E-state index contributed by atoms with van der Waals surface area (Å²) < 4.78 is 8.70. The van der Waals surface area contributed by atoms with Gasteiger partial charge >= 0.3 is 14.2 Å². The summed E-state index contributed by atoms with van der Waals surface area (Å²) in [6.07, 6.45) is 0. The van der Waals surface area contributed by atoms with E-state index in [-0.39, 0.29) is 0 Å². The van der Waals surface area contributed by atoms with E-state index in [1.807, 2.05) is 0 Å². The van der Waals surface area contributed by atoms with Crippen LogP contribution in [0.5, 0.6) is 0 Å². The summed E-state index contributed by atoms with van der Waals surface area (Å²) in [6.45, 7) is 1.00. The SMILES string of the molecule is CC(=O)C(=O)O.O=[P+](O)O. The van der Waals surface area contributed by atoms with Gasteiger partial charge in [-0.1, -0.05) is 0 Å². The van der Waals surface area contributed by atoms with E-state index < -0.39 is 20.0 Å². The molecular weight excluding hydrogens is 163 g/mol. The highest BCUT2D eigenvalue weighted by atomic mass is 31.1. The van der Waals surface area contributed by atoms with Crippen LogP contribution in [0, 0.1) is 0 Å². The Labute approximate surface area is 57.1 Å². The number of carbonyl (C=O) groups excluding carboxylic acids is 1. The minimum atomic E-state index is -2.87. The van der Waals surface area contributed by atoms with Gasteiger partial charge in [0, 0.05) is 11.5 Å². The number of carbonyl (C=O) groups is 2. The molecule has 0 rings (SSSR count). The summed E-state index contributed by atoms with van der Waals surface area (Å²) >= 11 is 0. The van der Waals surface area contributed by atoms with Crippen LogP contribution in [0.25, 0.3) is 0 Å².